The Kier molecular flexibility index (Phi) is 3.76. The largest absolute Gasteiger partial charge is 0.314 e. The minimum atomic E-state index is 0.335. The predicted molar refractivity (Wildman–Crippen MR) is 70.2 cm³/mol. The van der Waals surface area contributed by atoms with Crippen LogP contribution in [0.3, 0.4) is 0 Å². The van der Waals surface area contributed by atoms with Crippen LogP contribution in [0.15, 0.2) is 0 Å². The van der Waals surface area contributed by atoms with E-state index in [0.29, 0.717) is 17.2 Å². The van der Waals surface area contributed by atoms with Gasteiger partial charge in [0.1, 0.15) is 11.6 Å². The fourth-order valence-electron chi connectivity index (χ4n) is 3.02. The normalized spacial score (nSPS) is 23.9. The average Bonchev–Trinajstić information content (AvgIpc) is 2.70. The molecule has 2 rings (SSSR count). The lowest BCUT2D eigenvalue weighted by atomic mass is 9.68. The number of aromatic nitrogens is 3. The van der Waals surface area contributed by atoms with E-state index in [2.05, 4.69) is 35.5 Å². The fourth-order valence-corrected chi connectivity index (χ4v) is 3.22. The van der Waals surface area contributed by atoms with Gasteiger partial charge in [-0.2, -0.15) is 0 Å². The summed E-state index contributed by atoms with van der Waals surface area (Å²) in [6, 6.07) is 0. The van der Waals surface area contributed by atoms with Crippen molar-refractivity contribution in [3.05, 3.63) is 11.6 Å². The third-order valence-electron chi connectivity index (χ3n) is 4.11. The first-order valence-electron chi connectivity index (χ1n) is 6.58. The minimum absolute atomic E-state index is 0.335. The molecule has 1 atom stereocenters. The highest BCUT2D eigenvalue weighted by Crippen LogP contribution is 2.46. The highest BCUT2D eigenvalue weighted by molar-refractivity contribution is 6.16. The first-order valence-corrected chi connectivity index (χ1v) is 7.11. The number of nitrogens with zero attached hydrogens (tertiary/aromatic N) is 3. The Morgan fingerprint density at radius 2 is 2.12 bits per heavy atom. The topological polar surface area (TPSA) is 30.7 Å². The Labute approximate surface area is 109 Å². The molecule has 3 nitrogen and oxygen atoms in total. The molecule has 1 saturated carbocycles. The van der Waals surface area contributed by atoms with Crippen LogP contribution < -0.4 is 0 Å². The van der Waals surface area contributed by atoms with Gasteiger partial charge in [-0.3, -0.25) is 0 Å². The van der Waals surface area contributed by atoms with E-state index in [9.17, 15) is 0 Å². The monoisotopic (exact) mass is 255 g/mol. The van der Waals surface area contributed by atoms with Crippen molar-refractivity contribution in [3.8, 4) is 0 Å². The SMILES string of the molecule is CCn1c(CCl)nnc1C1CCCCC1(C)C. The van der Waals surface area contributed by atoms with Crippen molar-refractivity contribution in [2.75, 3.05) is 0 Å². The molecule has 0 amide bonds. The second-order valence-corrected chi connectivity index (χ2v) is 5.91. The van der Waals surface area contributed by atoms with Crippen molar-refractivity contribution in [1.29, 1.82) is 0 Å². The van der Waals surface area contributed by atoms with Gasteiger partial charge in [0, 0.05) is 12.5 Å². The van der Waals surface area contributed by atoms with Crippen molar-refractivity contribution >= 4 is 11.6 Å². The maximum atomic E-state index is 5.91. The molecule has 0 bridgehead atoms. The molecule has 1 aromatic rings. The first-order chi connectivity index (χ1) is 8.10. The molecular weight excluding hydrogens is 234 g/mol. The van der Waals surface area contributed by atoms with E-state index in [-0.39, 0.29) is 0 Å². The van der Waals surface area contributed by atoms with Gasteiger partial charge in [-0.05, 0) is 25.2 Å². The molecule has 1 aromatic heterocycles. The molecule has 0 aliphatic heterocycles. The summed E-state index contributed by atoms with van der Waals surface area (Å²) in [5.41, 5.74) is 0.335. The van der Waals surface area contributed by atoms with E-state index in [1.54, 1.807) is 0 Å². The second-order valence-electron chi connectivity index (χ2n) is 5.64. The summed E-state index contributed by atoms with van der Waals surface area (Å²) in [4.78, 5) is 0. The number of alkyl halides is 1. The van der Waals surface area contributed by atoms with Crippen molar-refractivity contribution < 1.29 is 0 Å². The van der Waals surface area contributed by atoms with E-state index < -0.39 is 0 Å². The smallest absolute Gasteiger partial charge is 0.147 e. The van der Waals surface area contributed by atoms with E-state index in [1.807, 2.05) is 0 Å². The van der Waals surface area contributed by atoms with Crippen molar-refractivity contribution in [3.63, 3.8) is 0 Å². The number of halogens is 1. The summed E-state index contributed by atoms with van der Waals surface area (Å²) in [6.07, 6.45) is 5.16. The molecule has 0 radical (unpaired) electrons. The van der Waals surface area contributed by atoms with Gasteiger partial charge in [0.25, 0.3) is 0 Å². The van der Waals surface area contributed by atoms with Gasteiger partial charge in [0.15, 0.2) is 0 Å². The maximum Gasteiger partial charge on any atom is 0.147 e. The summed E-state index contributed by atoms with van der Waals surface area (Å²) in [7, 11) is 0. The van der Waals surface area contributed by atoms with Gasteiger partial charge in [-0.1, -0.05) is 26.7 Å². The third kappa shape index (κ3) is 2.35. The van der Waals surface area contributed by atoms with E-state index in [1.165, 1.54) is 25.7 Å². The molecule has 17 heavy (non-hydrogen) atoms. The van der Waals surface area contributed by atoms with E-state index in [0.717, 1.165) is 18.2 Å². The van der Waals surface area contributed by atoms with Gasteiger partial charge < -0.3 is 4.57 Å². The molecule has 96 valence electrons. The van der Waals surface area contributed by atoms with Crippen LogP contribution in [-0.4, -0.2) is 14.8 Å². The minimum Gasteiger partial charge on any atom is -0.314 e. The van der Waals surface area contributed by atoms with Crippen LogP contribution in [0, 0.1) is 5.41 Å². The van der Waals surface area contributed by atoms with Crippen LogP contribution >= 0.6 is 11.6 Å². The van der Waals surface area contributed by atoms with Crippen molar-refractivity contribution in [2.24, 2.45) is 5.41 Å². The highest BCUT2D eigenvalue weighted by Gasteiger charge is 2.36. The quantitative estimate of drug-likeness (QED) is 0.771. The summed E-state index contributed by atoms with van der Waals surface area (Å²) in [5, 5.41) is 8.63. The second kappa shape index (κ2) is 4.97. The van der Waals surface area contributed by atoms with Gasteiger partial charge in [-0.25, -0.2) is 0 Å². The molecule has 0 spiro atoms. The molecule has 0 aromatic carbocycles. The highest BCUT2D eigenvalue weighted by atomic mass is 35.5. The molecule has 1 aliphatic rings. The van der Waals surface area contributed by atoms with E-state index >= 15 is 0 Å². The van der Waals surface area contributed by atoms with Crippen LogP contribution in [-0.2, 0) is 12.4 Å². The van der Waals surface area contributed by atoms with Crippen LogP contribution in [0.4, 0.5) is 0 Å². The Morgan fingerprint density at radius 1 is 1.35 bits per heavy atom. The Hall–Kier alpha value is -0.570. The number of hydrogen-bond donors (Lipinski definition) is 0. The zero-order valence-corrected chi connectivity index (χ0v) is 11.8. The number of rotatable bonds is 3. The van der Waals surface area contributed by atoms with Crippen molar-refractivity contribution in [2.45, 2.75) is 64.8 Å². The van der Waals surface area contributed by atoms with Gasteiger partial charge in [-0.15, -0.1) is 21.8 Å². The zero-order valence-electron chi connectivity index (χ0n) is 11.0. The molecule has 1 unspecified atom stereocenters. The van der Waals surface area contributed by atoms with Gasteiger partial charge in [0.05, 0.1) is 5.88 Å². The Bertz CT molecular complexity index is 384. The summed E-state index contributed by atoms with van der Waals surface area (Å²) >= 11 is 5.91. The molecule has 1 heterocycles. The maximum absolute atomic E-state index is 5.91. The van der Waals surface area contributed by atoms with Gasteiger partial charge >= 0.3 is 0 Å². The van der Waals surface area contributed by atoms with E-state index in [4.69, 9.17) is 11.6 Å². The molecule has 1 aliphatic carbocycles. The Morgan fingerprint density at radius 3 is 2.71 bits per heavy atom. The molecule has 0 N–H and O–H groups in total. The Balaban J connectivity index is 2.35. The van der Waals surface area contributed by atoms with Crippen LogP contribution in [0.2, 0.25) is 0 Å². The van der Waals surface area contributed by atoms with Crippen LogP contribution in [0.5, 0.6) is 0 Å². The van der Waals surface area contributed by atoms with Crippen LogP contribution in [0.1, 0.15) is 64.0 Å². The van der Waals surface area contributed by atoms with Gasteiger partial charge in [0.2, 0.25) is 0 Å². The summed E-state index contributed by atoms with van der Waals surface area (Å²) < 4.78 is 2.20. The lowest BCUT2D eigenvalue weighted by Crippen LogP contribution is -2.28. The lowest BCUT2D eigenvalue weighted by Gasteiger charge is -2.38. The lowest BCUT2D eigenvalue weighted by molar-refractivity contribution is 0.188. The third-order valence-corrected chi connectivity index (χ3v) is 4.35. The molecular formula is C13H22ClN3. The zero-order chi connectivity index (χ0) is 12.5. The molecule has 4 heteroatoms. The number of hydrogen-bond acceptors (Lipinski definition) is 2. The predicted octanol–water partition coefficient (Wildman–Crippen LogP) is 3.72. The van der Waals surface area contributed by atoms with Crippen LogP contribution in [0.25, 0.3) is 0 Å². The fraction of sp³-hybridized carbons (Fsp3) is 0.846. The average molecular weight is 256 g/mol. The van der Waals surface area contributed by atoms with Crippen molar-refractivity contribution in [1.82, 2.24) is 14.8 Å². The molecule has 1 fully saturated rings. The summed E-state index contributed by atoms with van der Waals surface area (Å²) in [5.74, 6) is 3.03. The first kappa shape index (κ1) is 12.9. The molecule has 0 saturated heterocycles. The standard InChI is InChI=1S/C13H22ClN3/c1-4-17-11(9-14)15-16-12(17)10-7-5-6-8-13(10,2)3/h10H,4-9H2,1-3H3. The summed E-state index contributed by atoms with van der Waals surface area (Å²) in [6.45, 7) is 7.76.